The molecule has 4 unspecified atom stereocenters. The molecule has 2 aromatic rings. The third-order valence-electron chi connectivity index (χ3n) is 7.70. The number of rotatable bonds is 3. The molecule has 2 saturated heterocycles. The molecule has 1 aliphatic carbocycles. The molecule has 2 aromatic carbocycles. The third-order valence-corrected chi connectivity index (χ3v) is 7.70. The van der Waals surface area contributed by atoms with Crippen LogP contribution < -0.4 is 9.47 Å². The van der Waals surface area contributed by atoms with Crippen molar-refractivity contribution in [1.82, 2.24) is 0 Å². The Morgan fingerprint density at radius 1 is 1.23 bits per heavy atom. The van der Waals surface area contributed by atoms with Crippen molar-refractivity contribution in [1.29, 1.82) is 0 Å². The molecular weight excluding hydrogens is 456 g/mol. The van der Waals surface area contributed by atoms with Crippen LogP contribution in [-0.4, -0.2) is 59.1 Å². The minimum absolute atomic E-state index is 0.0206. The summed E-state index contributed by atoms with van der Waals surface area (Å²) in [6.07, 6.45) is -3.44. The lowest BCUT2D eigenvalue weighted by Crippen LogP contribution is -2.57. The van der Waals surface area contributed by atoms with Crippen LogP contribution in [0, 0.1) is 18.8 Å². The summed E-state index contributed by atoms with van der Waals surface area (Å²) in [7, 11) is 1.46. The van der Waals surface area contributed by atoms with Gasteiger partial charge in [0.25, 0.3) is 5.79 Å². The average Bonchev–Trinajstić information content (AvgIpc) is 3.56. The van der Waals surface area contributed by atoms with Crippen molar-refractivity contribution >= 4 is 16.6 Å². The molecule has 0 radical (unpaired) electrons. The number of Topliss-reactive ketones (excluding diaryl/α,β-unsaturated/α-hetero) is 1. The highest BCUT2D eigenvalue weighted by Crippen LogP contribution is 2.58. The lowest BCUT2D eigenvalue weighted by molar-refractivity contribution is -0.238. The molecule has 9 nitrogen and oxygen atoms in total. The molecule has 188 valence electrons. The van der Waals surface area contributed by atoms with E-state index in [0.29, 0.717) is 23.3 Å². The first-order chi connectivity index (χ1) is 16.6. The maximum absolute atomic E-state index is 13.2. The van der Waals surface area contributed by atoms with Crippen LogP contribution in [-0.2, 0) is 14.2 Å². The van der Waals surface area contributed by atoms with Crippen LogP contribution in [0.5, 0.6) is 17.2 Å². The van der Waals surface area contributed by atoms with E-state index in [4.69, 9.17) is 23.7 Å². The number of ether oxygens (including phenoxy) is 5. The summed E-state index contributed by atoms with van der Waals surface area (Å²) in [5.74, 6) is -2.40. The van der Waals surface area contributed by atoms with E-state index < -0.39 is 42.4 Å². The fourth-order valence-electron chi connectivity index (χ4n) is 5.85. The molecule has 0 bridgehead atoms. The molecule has 2 fully saturated rings. The maximum atomic E-state index is 13.2. The van der Waals surface area contributed by atoms with E-state index in [-0.39, 0.29) is 46.1 Å². The number of phenolic OH excluding ortho intramolecular Hbond substituents is 1. The molecule has 0 saturated carbocycles. The zero-order chi connectivity index (χ0) is 25.0. The summed E-state index contributed by atoms with van der Waals surface area (Å²) in [4.78, 5) is 13.2. The number of ketones is 1. The number of carbonyl (C=O) groups excluding carboxylic acids is 1. The molecule has 3 heterocycles. The van der Waals surface area contributed by atoms with Gasteiger partial charge in [0, 0.05) is 28.3 Å². The molecule has 0 amide bonds. The summed E-state index contributed by atoms with van der Waals surface area (Å²) in [6.45, 7) is 7.81. The predicted molar refractivity (Wildman–Crippen MR) is 123 cm³/mol. The van der Waals surface area contributed by atoms with Gasteiger partial charge in [-0.2, -0.15) is 0 Å². The number of aromatic hydroxyl groups is 1. The van der Waals surface area contributed by atoms with Crippen molar-refractivity contribution < 1.29 is 43.8 Å². The highest BCUT2D eigenvalue weighted by Gasteiger charge is 2.64. The fourth-order valence-corrected chi connectivity index (χ4v) is 5.85. The molecule has 4 aliphatic rings. The van der Waals surface area contributed by atoms with Crippen molar-refractivity contribution in [2.24, 2.45) is 11.8 Å². The van der Waals surface area contributed by atoms with Gasteiger partial charge < -0.3 is 39.0 Å². The van der Waals surface area contributed by atoms with Gasteiger partial charge in [-0.15, -0.1) is 0 Å². The molecule has 3 aliphatic heterocycles. The highest BCUT2D eigenvalue weighted by molar-refractivity contribution is 6.12. The van der Waals surface area contributed by atoms with Gasteiger partial charge in [-0.25, -0.2) is 0 Å². The third kappa shape index (κ3) is 3.02. The first-order valence-corrected chi connectivity index (χ1v) is 12.0. The number of fused-ring (bicyclic) bond motifs is 6. The molecule has 9 heteroatoms. The number of benzene rings is 2. The lowest BCUT2D eigenvalue weighted by atomic mass is 9.78. The van der Waals surface area contributed by atoms with Crippen LogP contribution in [0.2, 0.25) is 0 Å². The number of hydrogen-bond donors (Lipinski definition) is 3. The Balaban J connectivity index is 1.68. The molecular formula is C26H30O9. The quantitative estimate of drug-likeness (QED) is 0.561. The Hall–Kier alpha value is -2.43. The molecule has 0 spiro atoms. The maximum Gasteiger partial charge on any atom is 0.266 e. The largest absolute Gasteiger partial charge is 0.506 e. The average molecular weight is 487 g/mol. The van der Waals surface area contributed by atoms with Crippen LogP contribution in [0.15, 0.2) is 6.07 Å². The topological polar surface area (TPSA) is 127 Å². The van der Waals surface area contributed by atoms with Crippen molar-refractivity contribution in [3.8, 4) is 17.2 Å². The van der Waals surface area contributed by atoms with E-state index in [1.54, 1.807) is 6.92 Å². The predicted octanol–water partition coefficient (Wildman–Crippen LogP) is 3.04. The van der Waals surface area contributed by atoms with Gasteiger partial charge in [0.2, 0.25) is 0 Å². The Morgan fingerprint density at radius 3 is 2.57 bits per heavy atom. The summed E-state index contributed by atoms with van der Waals surface area (Å²) in [5, 5.41) is 34.8. The van der Waals surface area contributed by atoms with Crippen LogP contribution >= 0.6 is 0 Å². The lowest BCUT2D eigenvalue weighted by Gasteiger charge is -2.41. The molecule has 0 aromatic heterocycles. The zero-order valence-electron chi connectivity index (χ0n) is 20.3. The second kappa shape index (κ2) is 7.54. The van der Waals surface area contributed by atoms with E-state index in [9.17, 15) is 20.1 Å². The Kier molecular flexibility index (Phi) is 4.95. The number of aliphatic hydroxyl groups excluding tert-OH is 1. The number of aliphatic hydroxyl groups is 2. The number of carbonyl (C=O) groups is 1. The van der Waals surface area contributed by atoms with Crippen LogP contribution in [0.25, 0.3) is 10.8 Å². The van der Waals surface area contributed by atoms with E-state index >= 15 is 0 Å². The number of hydrogen-bond acceptors (Lipinski definition) is 9. The Morgan fingerprint density at radius 2 is 1.94 bits per heavy atom. The fraction of sp³-hybridized carbons (Fsp3) is 0.577. The van der Waals surface area contributed by atoms with Crippen LogP contribution in [0.1, 0.15) is 66.4 Å². The van der Waals surface area contributed by atoms with E-state index in [0.717, 1.165) is 5.56 Å². The summed E-state index contributed by atoms with van der Waals surface area (Å²) < 4.78 is 29.8. The van der Waals surface area contributed by atoms with Crippen LogP contribution in [0.3, 0.4) is 0 Å². The van der Waals surface area contributed by atoms with Gasteiger partial charge in [-0.1, -0.05) is 20.8 Å². The van der Waals surface area contributed by atoms with Crippen molar-refractivity contribution in [2.75, 3.05) is 13.7 Å². The van der Waals surface area contributed by atoms with E-state index in [1.807, 2.05) is 26.8 Å². The highest BCUT2D eigenvalue weighted by atomic mass is 16.8. The number of aryl methyl sites for hydroxylation is 1. The second-order valence-corrected chi connectivity index (χ2v) is 10.4. The van der Waals surface area contributed by atoms with E-state index in [1.165, 1.54) is 7.11 Å². The molecule has 3 N–H and O–H groups in total. The summed E-state index contributed by atoms with van der Waals surface area (Å²) in [6, 6.07) is 1.83. The van der Waals surface area contributed by atoms with Gasteiger partial charge in [0.15, 0.2) is 18.2 Å². The van der Waals surface area contributed by atoms with Gasteiger partial charge in [-0.05, 0) is 25.0 Å². The van der Waals surface area contributed by atoms with Gasteiger partial charge >= 0.3 is 0 Å². The van der Waals surface area contributed by atoms with Gasteiger partial charge in [-0.3, -0.25) is 4.79 Å². The minimum atomic E-state index is -1.85. The molecule has 35 heavy (non-hydrogen) atoms. The second-order valence-electron chi connectivity index (χ2n) is 10.4. The zero-order valence-corrected chi connectivity index (χ0v) is 20.3. The number of phenols is 1. The first kappa shape index (κ1) is 23.0. The normalized spacial score (nSPS) is 35.5. The van der Waals surface area contributed by atoms with Crippen molar-refractivity contribution in [3.63, 3.8) is 0 Å². The summed E-state index contributed by atoms with van der Waals surface area (Å²) in [5.41, 5.74) is 1.70. The minimum Gasteiger partial charge on any atom is -0.506 e. The van der Waals surface area contributed by atoms with Crippen LogP contribution in [0.4, 0.5) is 0 Å². The Bertz CT molecular complexity index is 1250. The van der Waals surface area contributed by atoms with Crippen molar-refractivity contribution in [2.45, 2.75) is 70.6 Å². The first-order valence-electron chi connectivity index (χ1n) is 12.0. The molecule has 6 rings (SSSR count). The van der Waals surface area contributed by atoms with Gasteiger partial charge in [0.1, 0.15) is 29.5 Å². The standard InChI is InChI=1S/C26H30O9/c1-9(2)25-33-23-15-10(3)6-12-16(22(15)35-26(30,14-8-32-14)24(23)34-25)20(29)18-17(21(12)31-5)13(27)7-11(4)19(18)28/h6,9,11,13-14,23-25,27,29-30H,7-8H2,1-5H3/t11-,13-,14?,23?,24?,25?,26+/m0/s1. The Labute approximate surface area is 202 Å². The molecule has 7 atom stereocenters. The monoisotopic (exact) mass is 486 g/mol. The SMILES string of the molecule is COc1c2c(c(O)c3c4c(c(C)cc13)C1OC(C(C)C)OC1[C@@](O)(C1CO1)O4)C(=O)[C@@H](C)C[C@@H]2O. The van der Waals surface area contributed by atoms with Crippen molar-refractivity contribution in [3.05, 3.63) is 28.3 Å². The van der Waals surface area contributed by atoms with E-state index in [2.05, 4.69) is 0 Å². The number of methoxy groups -OCH3 is 1. The smallest absolute Gasteiger partial charge is 0.266 e. The van der Waals surface area contributed by atoms with Gasteiger partial charge in [0.05, 0.1) is 30.8 Å². The summed E-state index contributed by atoms with van der Waals surface area (Å²) >= 11 is 0. The number of epoxide rings is 1.